The zero-order chi connectivity index (χ0) is 11.4. The first-order chi connectivity index (χ1) is 7.02. The standard InChI is InChI=1S/C11H19NO3/c1-8-5-3-4-6-9(8)12(2)10(13)7-11(14)15/h8-9H,3-7H2,1-2H3,(H,14,15). The Hall–Kier alpha value is -1.06. The van der Waals surface area contributed by atoms with Gasteiger partial charge < -0.3 is 10.0 Å². The van der Waals surface area contributed by atoms with Crippen LogP contribution in [0.1, 0.15) is 39.0 Å². The molecule has 2 atom stereocenters. The van der Waals surface area contributed by atoms with Gasteiger partial charge in [-0.05, 0) is 18.8 Å². The Morgan fingerprint density at radius 3 is 2.47 bits per heavy atom. The summed E-state index contributed by atoms with van der Waals surface area (Å²) >= 11 is 0. The number of carbonyl (C=O) groups is 2. The highest BCUT2D eigenvalue weighted by Gasteiger charge is 2.28. The van der Waals surface area contributed by atoms with Crippen molar-refractivity contribution in [1.82, 2.24) is 4.90 Å². The SMILES string of the molecule is CC1CCCCC1N(C)C(=O)CC(=O)O. The van der Waals surface area contributed by atoms with E-state index in [1.54, 1.807) is 11.9 Å². The molecule has 1 rings (SSSR count). The van der Waals surface area contributed by atoms with Gasteiger partial charge in [-0.25, -0.2) is 0 Å². The van der Waals surface area contributed by atoms with E-state index in [4.69, 9.17) is 5.11 Å². The van der Waals surface area contributed by atoms with Gasteiger partial charge in [0.05, 0.1) is 0 Å². The van der Waals surface area contributed by atoms with E-state index >= 15 is 0 Å². The Morgan fingerprint density at radius 1 is 1.33 bits per heavy atom. The number of nitrogens with zero attached hydrogens (tertiary/aromatic N) is 1. The molecule has 0 bridgehead atoms. The number of carboxylic acid groups (broad SMARTS) is 1. The summed E-state index contributed by atoms with van der Waals surface area (Å²) in [6.45, 7) is 2.13. The summed E-state index contributed by atoms with van der Waals surface area (Å²) in [5.41, 5.74) is 0. The van der Waals surface area contributed by atoms with E-state index in [0.29, 0.717) is 5.92 Å². The van der Waals surface area contributed by atoms with Gasteiger partial charge in [0.15, 0.2) is 0 Å². The van der Waals surface area contributed by atoms with Gasteiger partial charge in [0, 0.05) is 13.1 Å². The largest absolute Gasteiger partial charge is 0.481 e. The van der Waals surface area contributed by atoms with Gasteiger partial charge in [0.1, 0.15) is 6.42 Å². The third-order valence-electron chi connectivity index (χ3n) is 3.26. The fourth-order valence-corrected chi connectivity index (χ4v) is 2.31. The summed E-state index contributed by atoms with van der Waals surface area (Å²) in [7, 11) is 1.72. The van der Waals surface area contributed by atoms with E-state index in [2.05, 4.69) is 6.92 Å². The summed E-state index contributed by atoms with van der Waals surface area (Å²) in [5.74, 6) is -0.835. The van der Waals surface area contributed by atoms with E-state index < -0.39 is 5.97 Å². The summed E-state index contributed by atoms with van der Waals surface area (Å²) in [6, 6.07) is 0.227. The highest BCUT2D eigenvalue weighted by Crippen LogP contribution is 2.27. The van der Waals surface area contributed by atoms with E-state index in [1.807, 2.05) is 0 Å². The normalized spacial score (nSPS) is 26.0. The molecule has 1 saturated carbocycles. The van der Waals surface area contributed by atoms with Gasteiger partial charge in [-0.3, -0.25) is 9.59 Å². The van der Waals surface area contributed by atoms with Gasteiger partial charge in [0.25, 0.3) is 0 Å². The zero-order valence-corrected chi connectivity index (χ0v) is 9.40. The highest BCUT2D eigenvalue weighted by atomic mass is 16.4. The molecule has 86 valence electrons. The minimum Gasteiger partial charge on any atom is -0.481 e. The molecular formula is C11H19NO3. The number of hydrogen-bond acceptors (Lipinski definition) is 2. The van der Waals surface area contributed by atoms with E-state index in [1.165, 1.54) is 6.42 Å². The predicted octanol–water partition coefficient (Wildman–Crippen LogP) is 1.50. The van der Waals surface area contributed by atoms with Crippen molar-refractivity contribution in [2.24, 2.45) is 5.92 Å². The maximum absolute atomic E-state index is 11.5. The highest BCUT2D eigenvalue weighted by molar-refractivity contribution is 5.93. The van der Waals surface area contributed by atoms with Crippen molar-refractivity contribution in [3.05, 3.63) is 0 Å². The van der Waals surface area contributed by atoms with Crippen molar-refractivity contribution in [1.29, 1.82) is 0 Å². The van der Waals surface area contributed by atoms with Crippen molar-refractivity contribution in [3.8, 4) is 0 Å². The first kappa shape index (κ1) is 12.0. The number of aliphatic carboxylic acids is 1. The molecule has 0 radical (unpaired) electrons. The first-order valence-corrected chi connectivity index (χ1v) is 5.50. The summed E-state index contributed by atoms with van der Waals surface area (Å²) in [5, 5.41) is 8.55. The molecule has 0 saturated heterocycles. The van der Waals surface area contributed by atoms with Crippen LogP contribution < -0.4 is 0 Å². The van der Waals surface area contributed by atoms with Crippen LogP contribution in [0.25, 0.3) is 0 Å². The van der Waals surface area contributed by atoms with E-state index in [-0.39, 0.29) is 18.4 Å². The molecule has 15 heavy (non-hydrogen) atoms. The second-order valence-corrected chi connectivity index (χ2v) is 4.40. The van der Waals surface area contributed by atoms with Crippen LogP contribution in [0.4, 0.5) is 0 Å². The van der Waals surface area contributed by atoms with Crippen LogP contribution in [-0.4, -0.2) is 35.0 Å². The third kappa shape index (κ3) is 3.22. The summed E-state index contributed by atoms with van der Waals surface area (Å²) in [4.78, 5) is 23.6. The number of carboxylic acids is 1. The Labute approximate surface area is 90.3 Å². The number of hydrogen-bond donors (Lipinski definition) is 1. The quantitative estimate of drug-likeness (QED) is 0.723. The van der Waals surface area contributed by atoms with Crippen molar-refractivity contribution >= 4 is 11.9 Å². The monoisotopic (exact) mass is 213 g/mol. The molecule has 1 aliphatic rings. The lowest BCUT2D eigenvalue weighted by Gasteiger charge is -2.36. The molecule has 1 N–H and O–H groups in total. The molecule has 1 aliphatic carbocycles. The van der Waals surface area contributed by atoms with Crippen LogP contribution in [-0.2, 0) is 9.59 Å². The summed E-state index contributed by atoms with van der Waals surface area (Å²) in [6.07, 6.45) is 4.11. The smallest absolute Gasteiger partial charge is 0.312 e. The molecule has 2 unspecified atom stereocenters. The molecule has 0 aromatic carbocycles. The molecular weight excluding hydrogens is 194 g/mol. The maximum Gasteiger partial charge on any atom is 0.312 e. The lowest BCUT2D eigenvalue weighted by molar-refractivity contribution is -0.145. The van der Waals surface area contributed by atoms with Gasteiger partial charge in [-0.1, -0.05) is 19.8 Å². The third-order valence-corrected chi connectivity index (χ3v) is 3.26. The second-order valence-electron chi connectivity index (χ2n) is 4.40. The van der Waals surface area contributed by atoms with Gasteiger partial charge in [0.2, 0.25) is 5.91 Å². The topological polar surface area (TPSA) is 57.6 Å². The molecule has 0 aromatic heterocycles. The molecule has 4 heteroatoms. The lowest BCUT2D eigenvalue weighted by atomic mass is 9.85. The minimum atomic E-state index is -1.05. The van der Waals surface area contributed by atoms with Crippen LogP contribution in [0.3, 0.4) is 0 Å². The summed E-state index contributed by atoms with van der Waals surface area (Å²) < 4.78 is 0. The maximum atomic E-state index is 11.5. The van der Waals surface area contributed by atoms with Crippen LogP contribution in [0, 0.1) is 5.92 Å². The average molecular weight is 213 g/mol. The number of amides is 1. The fraction of sp³-hybridized carbons (Fsp3) is 0.818. The molecule has 0 spiro atoms. The van der Waals surface area contributed by atoms with E-state index in [0.717, 1.165) is 19.3 Å². The minimum absolute atomic E-state index is 0.227. The molecule has 0 aliphatic heterocycles. The van der Waals surface area contributed by atoms with Crippen molar-refractivity contribution in [2.45, 2.75) is 45.1 Å². The van der Waals surface area contributed by atoms with Crippen LogP contribution in [0.15, 0.2) is 0 Å². The Bertz CT molecular complexity index is 252. The molecule has 1 fully saturated rings. The number of carbonyl (C=O) groups excluding carboxylic acids is 1. The molecule has 1 amide bonds. The van der Waals surface area contributed by atoms with Crippen LogP contribution >= 0.6 is 0 Å². The van der Waals surface area contributed by atoms with Crippen molar-refractivity contribution < 1.29 is 14.7 Å². The first-order valence-electron chi connectivity index (χ1n) is 5.50. The van der Waals surface area contributed by atoms with Crippen molar-refractivity contribution in [2.75, 3.05) is 7.05 Å². The molecule has 4 nitrogen and oxygen atoms in total. The Morgan fingerprint density at radius 2 is 1.93 bits per heavy atom. The van der Waals surface area contributed by atoms with Crippen molar-refractivity contribution in [3.63, 3.8) is 0 Å². The fourth-order valence-electron chi connectivity index (χ4n) is 2.31. The van der Waals surface area contributed by atoms with Crippen LogP contribution in [0.5, 0.6) is 0 Å². The second kappa shape index (κ2) is 5.14. The van der Waals surface area contributed by atoms with E-state index in [9.17, 15) is 9.59 Å². The van der Waals surface area contributed by atoms with Gasteiger partial charge in [-0.2, -0.15) is 0 Å². The Kier molecular flexibility index (Phi) is 4.12. The van der Waals surface area contributed by atoms with Crippen LogP contribution in [0.2, 0.25) is 0 Å². The average Bonchev–Trinajstić information content (AvgIpc) is 2.16. The predicted molar refractivity (Wildman–Crippen MR) is 56.4 cm³/mol. The van der Waals surface area contributed by atoms with Gasteiger partial charge >= 0.3 is 5.97 Å². The molecule has 0 heterocycles. The van der Waals surface area contributed by atoms with Gasteiger partial charge in [-0.15, -0.1) is 0 Å². The zero-order valence-electron chi connectivity index (χ0n) is 9.40. The lowest BCUT2D eigenvalue weighted by Crippen LogP contribution is -2.43. The Balaban J connectivity index is 2.53. The number of rotatable bonds is 3. The molecule has 0 aromatic rings.